The van der Waals surface area contributed by atoms with Crippen LogP contribution in [0.5, 0.6) is 0 Å². The lowest BCUT2D eigenvalue weighted by atomic mass is 10.2. The second-order valence-corrected chi connectivity index (χ2v) is 4.15. The van der Waals surface area contributed by atoms with Crippen molar-refractivity contribution < 1.29 is 4.52 Å². The highest BCUT2D eigenvalue weighted by molar-refractivity contribution is 6.33. The summed E-state index contributed by atoms with van der Waals surface area (Å²) in [6.07, 6.45) is 1.80. The number of aromatic amines is 1. The molecule has 0 bridgehead atoms. The summed E-state index contributed by atoms with van der Waals surface area (Å²) in [6.45, 7) is 0. The van der Waals surface area contributed by atoms with Gasteiger partial charge < -0.3 is 15.2 Å². The first-order valence-corrected chi connectivity index (χ1v) is 5.65. The molecule has 6 heteroatoms. The van der Waals surface area contributed by atoms with E-state index in [1.807, 2.05) is 12.1 Å². The smallest absolute Gasteiger partial charge is 0.258 e. The van der Waals surface area contributed by atoms with Crippen LogP contribution in [0, 0.1) is 0 Å². The second kappa shape index (κ2) is 4.19. The van der Waals surface area contributed by atoms with E-state index in [4.69, 9.17) is 21.9 Å². The van der Waals surface area contributed by atoms with E-state index in [1.165, 1.54) is 0 Å². The first kappa shape index (κ1) is 10.9. The molecule has 1 aromatic carbocycles. The molecule has 0 amide bonds. The number of nitrogens with zero attached hydrogens (tertiary/aromatic N) is 2. The molecule has 3 N–H and O–H groups in total. The van der Waals surface area contributed by atoms with Gasteiger partial charge in [0.1, 0.15) is 0 Å². The van der Waals surface area contributed by atoms with Crippen LogP contribution in [-0.4, -0.2) is 15.1 Å². The lowest BCUT2D eigenvalue weighted by Gasteiger charge is -1.98. The number of nitrogens with one attached hydrogen (secondary N) is 1. The van der Waals surface area contributed by atoms with E-state index in [2.05, 4.69) is 15.1 Å². The number of hydrogen-bond donors (Lipinski definition) is 2. The molecule has 18 heavy (non-hydrogen) atoms. The van der Waals surface area contributed by atoms with Crippen molar-refractivity contribution in [2.75, 3.05) is 5.73 Å². The molecular weight excluding hydrogens is 252 g/mol. The standard InChI is InChI=1S/C12H9ClN4O/c13-8-4-3-7(6-9(8)14)12-16-11(17-18-12)10-2-1-5-15-10/h1-6,15H,14H2. The number of nitrogens with two attached hydrogens (primary N) is 1. The van der Waals surface area contributed by atoms with Crippen molar-refractivity contribution in [1.82, 2.24) is 15.1 Å². The zero-order valence-corrected chi connectivity index (χ0v) is 9.98. The third kappa shape index (κ3) is 1.84. The quantitative estimate of drug-likeness (QED) is 0.694. The number of benzene rings is 1. The van der Waals surface area contributed by atoms with Gasteiger partial charge in [-0.25, -0.2) is 0 Å². The molecule has 90 valence electrons. The summed E-state index contributed by atoms with van der Waals surface area (Å²) in [5.41, 5.74) is 7.75. The Morgan fingerprint density at radius 2 is 2.17 bits per heavy atom. The Hall–Kier alpha value is -2.27. The van der Waals surface area contributed by atoms with Gasteiger partial charge in [-0.05, 0) is 30.3 Å². The van der Waals surface area contributed by atoms with Crippen LogP contribution >= 0.6 is 11.6 Å². The fourth-order valence-electron chi connectivity index (χ4n) is 1.60. The molecule has 0 fully saturated rings. The van der Waals surface area contributed by atoms with E-state index >= 15 is 0 Å². The first-order valence-electron chi connectivity index (χ1n) is 5.27. The van der Waals surface area contributed by atoms with E-state index in [0.717, 1.165) is 11.3 Å². The zero-order chi connectivity index (χ0) is 12.5. The maximum atomic E-state index is 5.86. The van der Waals surface area contributed by atoms with Gasteiger partial charge in [0.2, 0.25) is 5.82 Å². The highest BCUT2D eigenvalue weighted by Crippen LogP contribution is 2.26. The fourth-order valence-corrected chi connectivity index (χ4v) is 1.71. The lowest BCUT2D eigenvalue weighted by Crippen LogP contribution is -1.87. The molecule has 5 nitrogen and oxygen atoms in total. The second-order valence-electron chi connectivity index (χ2n) is 3.74. The Morgan fingerprint density at radius 1 is 1.28 bits per heavy atom. The Morgan fingerprint density at radius 3 is 2.89 bits per heavy atom. The van der Waals surface area contributed by atoms with Crippen molar-refractivity contribution >= 4 is 17.3 Å². The minimum absolute atomic E-state index is 0.406. The maximum Gasteiger partial charge on any atom is 0.258 e. The molecule has 2 aromatic heterocycles. The van der Waals surface area contributed by atoms with Crippen LogP contribution in [0.25, 0.3) is 23.0 Å². The van der Waals surface area contributed by atoms with E-state index in [0.29, 0.717) is 22.4 Å². The summed E-state index contributed by atoms with van der Waals surface area (Å²) in [7, 11) is 0. The molecule has 2 heterocycles. The number of hydrogen-bond acceptors (Lipinski definition) is 4. The van der Waals surface area contributed by atoms with Crippen molar-refractivity contribution in [3.05, 3.63) is 41.6 Å². The van der Waals surface area contributed by atoms with Crippen molar-refractivity contribution in [3.8, 4) is 23.0 Å². The van der Waals surface area contributed by atoms with Crippen molar-refractivity contribution in [2.24, 2.45) is 0 Å². The Balaban J connectivity index is 2.00. The topological polar surface area (TPSA) is 80.7 Å². The first-order chi connectivity index (χ1) is 8.74. The fraction of sp³-hybridized carbons (Fsp3) is 0. The van der Waals surface area contributed by atoms with Gasteiger partial charge in [-0.15, -0.1) is 0 Å². The summed E-state index contributed by atoms with van der Waals surface area (Å²) in [5, 5.41) is 4.40. The Labute approximate surface area is 108 Å². The predicted molar refractivity (Wildman–Crippen MR) is 68.9 cm³/mol. The van der Waals surface area contributed by atoms with Crippen LogP contribution in [0.15, 0.2) is 41.1 Å². The molecule has 0 aliphatic carbocycles. The number of nitrogen functional groups attached to an aromatic ring is 1. The van der Waals surface area contributed by atoms with E-state index in [-0.39, 0.29) is 0 Å². The number of H-pyrrole nitrogens is 1. The average molecular weight is 261 g/mol. The number of aromatic nitrogens is 3. The highest BCUT2D eigenvalue weighted by Gasteiger charge is 2.11. The van der Waals surface area contributed by atoms with Crippen molar-refractivity contribution in [1.29, 1.82) is 0 Å². The van der Waals surface area contributed by atoms with Crippen LogP contribution in [0.3, 0.4) is 0 Å². The summed E-state index contributed by atoms with van der Waals surface area (Å²) in [6, 6.07) is 8.92. The van der Waals surface area contributed by atoms with Crippen LogP contribution < -0.4 is 5.73 Å². The number of rotatable bonds is 2. The van der Waals surface area contributed by atoms with Crippen molar-refractivity contribution in [2.45, 2.75) is 0 Å². The molecule has 0 radical (unpaired) electrons. The largest absolute Gasteiger partial charge is 0.398 e. The van der Waals surface area contributed by atoms with Gasteiger partial charge in [0, 0.05) is 11.8 Å². The van der Waals surface area contributed by atoms with Crippen LogP contribution in [-0.2, 0) is 0 Å². The van der Waals surface area contributed by atoms with E-state index < -0.39 is 0 Å². The molecule has 3 aromatic rings. The van der Waals surface area contributed by atoms with E-state index in [9.17, 15) is 0 Å². The van der Waals surface area contributed by atoms with Crippen LogP contribution in [0.1, 0.15) is 0 Å². The van der Waals surface area contributed by atoms with Gasteiger partial charge >= 0.3 is 0 Å². The normalized spacial score (nSPS) is 10.7. The van der Waals surface area contributed by atoms with Crippen molar-refractivity contribution in [3.63, 3.8) is 0 Å². The van der Waals surface area contributed by atoms with Gasteiger partial charge in [0.25, 0.3) is 5.89 Å². The molecular formula is C12H9ClN4O. The van der Waals surface area contributed by atoms with Gasteiger partial charge in [-0.1, -0.05) is 16.8 Å². The van der Waals surface area contributed by atoms with Gasteiger partial charge in [-0.2, -0.15) is 4.98 Å². The van der Waals surface area contributed by atoms with Crippen LogP contribution in [0.4, 0.5) is 5.69 Å². The maximum absolute atomic E-state index is 5.86. The predicted octanol–water partition coefficient (Wildman–Crippen LogP) is 2.97. The molecule has 0 spiro atoms. The van der Waals surface area contributed by atoms with Gasteiger partial charge in [0.15, 0.2) is 0 Å². The monoisotopic (exact) mass is 260 g/mol. The molecule has 3 rings (SSSR count). The Kier molecular flexibility index (Phi) is 2.53. The van der Waals surface area contributed by atoms with Crippen LogP contribution in [0.2, 0.25) is 5.02 Å². The third-order valence-corrected chi connectivity index (χ3v) is 2.85. The summed E-state index contributed by atoms with van der Waals surface area (Å²) < 4.78 is 5.19. The number of halogens is 1. The molecule has 0 saturated heterocycles. The summed E-state index contributed by atoms with van der Waals surface area (Å²) >= 11 is 5.86. The third-order valence-electron chi connectivity index (χ3n) is 2.51. The SMILES string of the molecule is Nc1cc(-c2nc(-c3ccc[nH]3)no2)ccc1Cl. The number of anilines is 1. The summed E-state index contributed by atoms with van der Waals surface area (Å²) in [4.78, 5) is 7.29. The lowest BCUT2D eigenvalue weighted by molar-refractivity contribution is 0.432. The molecule has 0 unspecified atom stereocenters. The molecule has 0 saturated carbocycles. The summed E-state index contributed by atoms with van der Waals surface area (Å²) in [5.74, 6) is 0.909. The molecule has 0 atom stereocenters. The minimum Gasteiger partial charge on any atom is -0.398 e. The van der Waals surface area contributed by atoms with E-state index in [1.54, 1.807) is 24.4 Å². The van der Waals surface area contributed by atoms with Gasteiger partial charge in [-0.3, -0.25) is 0 Å². The molecule has 0 aliphatic rings. The average Bonchev–Trinajstić information content (AvgIpc) is 3.01. The Bertz CT molecular complexity index is 675. The van der Waals surface area contributed by atoms with Gasteiger partial charge in [0.05, 0.1) is 16.4 Å². The zero-order valence-electron chi connectivity index (χ0n) is 9.22. The highest BCUT2D eigenvalue weighted by atomic mass is 35.5. The minimum atomic E-state index is 0.406. The molecule has 0 aliphatic heterocycles.